The summed E-state index contributed by atoms with van der Waals surface area (Å²) >= 11 is 18.1. The number of hydrogen-bond donors (Lipinski definition) is 1. The minimum Gasteiger partial charge on any atom is -0.369 e. The first-order chi connectivity index (χ1) is 17.2. The molecule has 36 heavy (non-hydrogen) atoms. The Morgan fingerprint density at radius 1 is 0.833 bits per heavy atom. The average Bonchev–Trinajstić information content (AvgIpc) is 3.30. The van der Waals surface area contributed by atoms with Crippen LogP contribution in [0.1, 0.15) is 5.56 Å². The fourth-order valence-corrected chi connectivity index (χ4v) is 6.48. The second-order valence-corrected chi connectivity index (χ2v) is 11.8. The first kappa shape index (κ1) is 25.2. The van der Waals surface area contributed by atoms with Crippen LogP contribution in [-0.4, -0.2) is 51.5 Å². The van der Waals surface area contributed by atoms with Crippen molar-refractivity contribution in [3.05, 3.63) is 81.3 Å². The van der Waals surface area contributed by atoms with Crippen molar-refractivity contribution in [1.29, 1.82) is 0 Å². The van der Waals surface area contributed by atoms with Gasteiger partial charge in [0.25, 0.3) is 0 Å². The third-order valence-electron chi connectivity index (χ3n) is 6.41. The highest BCUT2D eigenvalue weighted by Gasteiger charge is 2.31. The maximum absolute atomic E-state index is 13.4. The highest BCUT2D eigenvalue weighted by atomic mass is 35.5. The molecule has 0 bridgehead atoms. The lowest BCUT2D eigenvalue weighted by molar-refractivity contribution is 0.257. The van der Waals surface area contributed by atoms with Crippen molar-refractivity contribution in [2.24, 2.45) is 0 Å². The number of hydrogen-bond acceptors (Lipinski definition) is 4. The third-order valence-corrected chi connectivity index (χ3v) is 9.28. The minimum atomic E-state index is -3.66. The van der Waals surface area contributed by atoms with E-state index in [1.54, 1.807) is 41.3 Å². The minimum absolute atomic E-state index is 0.240. The standard InChI is InChI=1S/C25H23Cl3N4O3S/c26-18-2-1-3-20(15-18)30-10-12-31(13-11-30)36(34,35)21-5-7-24-17(14-21)8-9-32(24)25(33)29-19-4-6-22(27)23(28)16-19/h1-7,14-16H,8-13H2,(H,29,33). The van der Waals surface area contributed by atoms with E-state index >= 15 is 0 Å². The average molecular weight is 566 g/mol. The van der Waals surface area contributed by atoms with Crippen LogP contribution in [0.3, 0.4) is 0 Å². The van der Waals surface area contributed by atoms with E-state index in [0.29, 0.717) is 65.6 Å². The smallest absolute Gasteiger partial charge is 0.326 e. The Balaban J connectivity index is 1.27. The fourth-order valence-electron chi connectivity index (χ4n) is 4.52. The van der Waals surface area contributed by atoms with E-state index in [2.05, 4.69) is 10.2 Å². The quantitative estimate of drug-likeness (QED) is 0.437. The molecule has 0 radical (unpaired) electrons. The molecule has 0 unspecified atom stereocenters. The molecule has 0 aromatic heterocycles. The van der Waals surface area contributed by atoms with Gasteiger partial charge in [-0.3, -0.25) is 4.90 Å². The molecule has 2 aliphatic heterocycles. The number of nitrogens with zero attached hydrogens (tertiary/aromatic N) is 3. The van der Waals surface area contributed by atoms with Gasteiger partial charge < -0.3 is 10.2 Å². The number of urea groups is 1. The van der Waals surface area contributed by atoms with Crippen LogP contribution in [0.15, 0.2) is 65.6 Å². The predicted octanol–water partition coefficient (Wildman–Crippen LogP) is 5.75. The van der Waals surface area contributed by atoms with Gasteiger partial charge >= 0.3 is 6.03 Å². The third kappa shape index (κ3) is 5.01. The first-order valence-corrected chi connectivity index (χ1v) is 14.0. The van der Waals surface area contributed by atoms with Crippen LogP contribution in [0.4, 0.5) is 21.9 Å². The highest BCUT2D eigenvalue weighted by molar-refractivity contribution is 7.89. The van der Waals surface area contributed by atoms with Crippen molar-refractivity contribution in [1.82, 2.24) is 4.31 Å². The molecule has 2 amide bonds. The van der Waals surface area contributed by atoms with E-state index in [1.165, 1.54) is 4.31 Å². The Bertz CT molecular complexity index is 1430. The second-order valence-electron chi connectivity index (χ2n) is 8.62. The Morgan fingerprint density at radius 2 is 1.61 bits per heavy atom. The molecule has 1 N–H and O–H groups in total. The van der Waals surface area contributed by atoms with Gasteiger partial charge in [0.05, 0.1) is 14.9 Å². The molecule has 7 nitrogen and oxygen atoms in total. The zero-order chi connectivity index (χ0) is 25.4. The van der Waals surface area contributed by atoms with E-state index in [-0.39, 0.29) is 10.9 Å². The number of nitrogens with one attached hydrogen (secondary N) is 1. The van der Waals surface area contributed by atoms with Gasteiger partial charge in [0, 0.05) is 54.8 Å². The molecule has 188 valence electrons. The molecular weight excluding hydrogens is 543 g/mol. The summed E-state index contributed by atoms with van der Waals surface area (Å²) in [6.45, 7) is 2.36. The van der Waals surface area contributed by atoms with E-state index < -0.39 is 10.0 Å². The summed E-state index contributed by atoms with van der Waals surface area (Å²) in [5, 5.41) is 4.22. The Hall–Kier alpha value is -2.49. The van der Waals surface area contributed by atoms with Crippen molar-refractivity contribution in [3.8, 4) is 0 Å². The van der Waals surface area contributed by atoms with Gasteiger partial charge in [-0.1, -0.05) is 40.9 Å². The molecule has 3 aromatic rings. The van der Waals surface area contributed by atoms with E-state index in [1.807, 2.05) is 24.3 Å². The van der Waals surface area contributed by atoms with E-state index in [4.69, 9.17) is 34.8 Å². The van der Waals surface area contributed by atoms with Gasteiger partial charge in [-0.15, -0.1) is 0 Å². The molecule has 1 fully saturated rings. The largest absolute Gasteiger partial charge is 0.369 e. The van der Waals surface area contributed by atoms with Crippen LogP contribution in [0.25, 0.3) is 0 Å². The summed E-state index contributed by atoms with van der Waals surface area (Å²) in [5.74, 6) is 0. The van der Waals surface area contributed by atoms with Crippen LogP contribution in [0, 0.1) is 0 Å². The number of halogens is 3. The van der Waals surface area contributed by atoms with Crippen molar-refractivity contribution in [3.63, 3.8) is 0 Å². The highest BCUT2D eigenvalue weighted by Crippen LogP contribution is 2.33. The number of anilines is 3. The van der Waals surface area contributed by atoms with Crippen molar-refractivity contribution >= 4 is 67.9 Å². The Labute approximate surface area is 225 Å². The molecule has 1 saturated heterocycles. The zero-order valence-electron chi connectivity index (χ0n) is 19.1. The number of fused-ring (bicyclic) bond motifs is 1. The van der Waals surface area contributed by atoms with Crippen LogP contribution in [0.2, 0.25) is 15.1 Å². The lowest BCUT2D eigenvalue weighted by Gasteiger charge is -2.35. The van der Waals surface area contributed by atoms with Crippen molar-refractivity contribution < 1.29 is 13.2 Å². The summed E-state index contributed by atoms with van der Waals surface area (Å²) in [7, 11) is -3.66. The monoisotopic (exact) mass is 564 g/mol. The van der Waals surface area contributed by atoms with Gasteiger partial charge in [0.15, 0.2) is 0 Å². The maximum atomic E-state index is 13.4. The van der Waals surface area contributed by atoms with Crippen LogP contribution >= 0.6 is 34.8 Å². The van der Waals surface area contributed by atoms with Crippen molar-refractivity contribution in [2.75, 3.05) is 47.8 Å². The summed E-state index contributed by atoms with van der Waals surface area (Å²) in [6, 6.07) is 17.1. The molecule has 0 saturated carbocycles. The Morgan fingerprint density at radius 3 is 2.33 bits per heavy atom. The Kier molecular flexibility index (Phi) is 7.07. The van der Waals surface area contributed by atoms with Gasteiger partial charge in [0.1, 0.15) is 0 Å². The summed E-state index contributed by atoms with van der Waals surface area (Å²) in [4.78, 5) is 16.8. The fraction of sp³-hybridized carbons (Fsp3) is 0.240. The maximum Gasteiger partial charge on any atom is 0.326 e. The van der Waals surface area contributed by atoms with Crippen LogP contribution < -0.4 is 15.1 Å². The SMILES string of the molecule is O=C(Nc1ccc(Cl)c(Cl)c1)N1CCc2cc(S(=O)(=O)N3CCN(c4cccc(Cl)c4)CC3)ccc21. The molecule has 5 rings (SSSR count). The summed E-state index contributed by atoms with van der Waals surface area (Å²) in [5.41, 5.74) is 3.02. The molecule has 2 heterocycles. The summed E-state index contributed by atoms with van der Waals surface area (Å²) in [6.07, 6.45) is 0.566. The second kappa shape index (κ2) is 10.1. The topological polar surface area (TPSA) is 73.0 Å². The first-order valence-electron chi connectivity index (χ1n) is 11.4. The van der Waals surface area contributed by atoms with E-state index in [0.717, 1.165) is 11.3 Å². The molecule has 11 heteroatoms. The van der Waals surface area contributed by atoms with Gasteiger partial charge in [0.2, 0.25) is 10.0 Å². The molecule has 3 aromatic carbocycles. The molecular formula is C25H23Cl3N4O3S. The molecule has 2 aliphatic rings. The van der Waals surface area contributed by atoms with Crippen molar-refractivity contribution in [2.45, 2.75) is 11.3 Å². The van der Waals surface area contributed by atoms with Crippen LogP contribution in [-0.2, 0) is 16.4 Å². The normalized spacial score (nSPS) is 16.2. The number of sulfonamides is 1. The van der Waals surface area contributed by atoms with Gasteiger partial charge in [-0.2, -0.15) is 4.31 Å². The number of rotatable bonds is 4. The summed E-state index contributed by atoms with van der Waals surface area (Å²) < 4.78 is 28.3. The van der Waals surface area contributed by atoms with Gasteiger partial charge in [-0.25, -0.2) is 13.2 Å². The number of piperazine rings is 1. The lowest BCUT2D eigenvalue weighted by Crippen LogP contribution is -2.48. The van der Waals surface area contributed by atoms with E-state index in [9.17, 15) is 13.2 Å². The zero-order valence-corrected chi connectivity index (χ0v) is 22.2. The van der Waals surface area contributed by atoms with Gasteiger partial charge in [-0.05, 0) is 66.6 Å². The number of benzene rings is 3. The number of carbonyl (C=O) groups is 1. The predicted molar refractivity (Wildman–Crippen MR) is 145 cm³/mol. The molecule has 0 aliphatic carbocycles. The molecule has 0 atom stereocenters. The molecule has 0 spiro atoms. The lowest BCUT2D eigenvalue weighted by atomic mass is 10.2. The van der Waals surface area contributed by atoms with Crippen LogP contribution in [0.5, 0.6) is 0 Å². The number of carbonyl (C=O) groups excluding carboxylic acids is 1. The number of amides is 2.